The van der Waals surface area contributed by atoms with Gasteiger partial charge in [-0.05, 0) is 57.5 Å². The van der Waals surface area contributed by atoms with Crippen LogP contribution in [0.2, 0.25) is 0 Å². The Labute approximate surface area is 153 Å². The number of piperidine rings is 1. The van der Waals surface area contributed by atoms with Crippen LogP contribution in [0.15, 0.2) is 35.4 Å². The van der Waals surface area contributed by atoms with Gasteiger partial charge in [-0.1, -0.05) is 35.4 Å². The number of hydrogen-bond acceptors (Lipinski definition) is 4. The van der Waals surface area contributed by atoms with Crippen LogP contribution in [0.25, 0.3) is 10.4 Å². The molecule has 2 aliphatic rings. The van der Waals surface area contributed by atoms with Crippen LogP contribution in [0, 0.1) is 0 Å². The maximum absolute atomic E-state index is 12.5. The fraction of sp³-hybridized carbons (Fsp3) is 0.632. The highest BCUT2D eigenvalue weighted by Crippen LogP contribution is 2.39. The number of hydrogen-bond donors (Lipinski definition) is 0. The number of azide groups is 1. The maximum Gasteiger partial charge on any atom is 0.410 e. The molecular formula is C19H26N4O3. The third kappa shape index (κ3) is 4.29. The summed E-state index contributed by atoms with van der Waals surface area (Å²) in [6.07, 6.45) is 2.47. The lowest BCUT2D eigenvalue weighted by atomic mass is 10.00. The van der Waals surface area contributed by atoms with Crippen molar-refractivity contribution in [2.24, 2.45) is 5.11 Å². The molecule has 7 heteroatoms. The van der Waals surface area contributed by atoms with Crippen molar-refractivity contribution in [3.05, 3.63) is 46.3 Å². The van der Waals surface area contributed by atoms with Gasteiger partial charge in [-0.15, -0.1) is 0 Å². The molecule has 2 unspecified atom stereocenters. The molecule has 2 heterocycles. The van der Waals surface area contributed by atoms with Crippen molar-refractivity contribution >= 4 is 6.09 Å². The Bertz CT molecular complexity index is 668. The molecule has 26 heavy (non-hydrogen) atoms. The molecule has 1 amide bonds. The van der Waals surface area contributed by atoms with Gasteiger partial charge in [0, 0.05) is 17.0 Å². The fourth-order valence-corrected chi connectivity index (χ4v) is 3.87. The summed E-state index contributed by atoms with van der Waals surface area (Å²) in [6, 6.07) is 9.73. The second-order valence-corrected chi connectivity index (χ2v) is 7.97. The fourth-order valence-electron chi connectivity index (χ4n) is 3.87. The molecule has 0 spiro atoms. The van der Waals surface area contributed by atoms with Gasteiger partial charge in [0.25, 0.3) is 0 Å². The quantitative estimate of drug-likeness (QED) is 0.434. The summed E-state index contributed by atoms with van der Waals surface area (Å²) in [5, 5.41) is 3.81. The largest absolute Gasteiger partial charge is 0.444 e. The molecular weight excluding hydrogens is 332 g/mol. The lowest BCUT2D eigenvalue weighted by molar-refractivity contribution is -0.0635. The SMILES string of the molecule is CC(C)(C)OC(=O)N1[C@@H]2CC[C@H]1CC(OC(N=[N+]=[N-])c1ccccc1)C2. The Morgan fingerprint density at radius 2 is 1.85 bits per heavy atom. The summed E-state index contributed by atoms with van der Waals surface area (Å²) in [5.74, 6) is 0. The molecule has 1 aromatic rings. The average Bonchev–Trinajstić information content (AvgIpc) is 2.85. The number of benzene rings is 1. The van der Waals surface area contributed by atoms with E-state index in [-0.39, 0.29) is 24.3 Å². The van der Waals surface area contributed by atoms with E-state index >= 15 is 0 Å². The first kappa shape index (κ1) is 18.5. The van der Waals surface area contributed by atoms with Gasteiger partial charge in [-0.2, -0.15) is 0 Å². The maximum atomic E-state index is 12.5. The van der Waals surface area contributed by atoms with E-state index in [0.717, 1.165) is 31.2 Å². The first-order chi connectivity index (χ1) is 12.4. The highest BCUT2D eigenvalue weighted by molar-refractivity contribution is 5.69. The van der Waals surface area contributed by atoms with Gasteiger partial charge in [-0.3, -0.25) is 0 Å². The van der Waals surface area contributed by atoms with E-state index < -0.39 is 11.8 Å². The van der Waals surface area contributed by atoms with Crippen molar-refractivity contribution in [1.29, 1.82) is 0 Å². The average molecular weight is 358 g/mol. The molecule has 0 radical (unpaired) electrons. The second-order valence-electron chi connectivity index (χ2n) is 7.97. The summed E-state index contributed by atoms with van der Waals surface area (Å²) in [5.41, 5.74) is 9.22. The van der Waals surface area contributed by atoms with Crippen LogP contribution in [-0.2, 0) is 9.47 Å². The van der Waals surface area contributed by atoms with E-state index in [0.29, 0.717) is 0 Å². The van der Waals surface area contributed by atoms with E-state index in [1.54, 1.807) is 0 Å². The van der Waals surface area contributed by atoms with Crippen molar-refractivity contribution in [1.82, 2.24) is 4.90 Å². The van der Waals surface area contributed by atoms with Crippen molar-refractivity contribution in [2.75, 3.05) is 0 Å². The van der Waals surface area contributed by atoms with E-state index in [9.17, 15) is 4.79 Å². The van der Waals surface area contributed by atoms with Crippen molar-refractivity contribution in [2.45, 2.75) is 76.5 Å². The molecule has 2 aliphatic heterocycles. The molecule has 2 fully saturated rings. The molecule has 0 aromatic heterocycles. The van der Waals surface area contributed by atoms with Gasteiger partial charge >= 0.3 is 6.09 Å². The van der Waals surface area contributed by atoms with Gasteiger partial charge in [-0.25, -0.2) is 4.79 Å². The van der Waals surface area contributed by atoms with Crippen molar-refractivity contribution in [3.8, 4) is 0 Å². The predicted octanol–water partition coefficient (Wildman–Crippen LogP) is 4.94. The summed E-state index contributed by atoms with van der Waals surface area (Å²) in [4.78, 5) is 17.3. The highest BCUT2D eigenvalue weighted by atomic mass is 16.6. The molecule has 2 bridgehead atoms. The molecule has 0 aliphatic carbocycles. The van der Waals surface area contributed by atoms with Gasteiger partial charge < -0.3 is 14.4 Å². The molecule has 1 aromatic carbocycles. The van der Waals surface area contributed by atoms with Crippen molar-refractivity contribution in [3.63, 3.8) is 0 Å². The van der Waals surface area contributed by atoms with E-state index in [2.05, 4.69) is 10.0 Å². The number of ether oxygens (including phenoxy) is 2. The zero-order chi connectivity index (χ0) is 18.7. The highest BCUT2D eigenvalue weighted by Gasteiger charge is 2.45. The van der Waals surface area contributed by atoms with E-state index in [1.807, 2.05) is 56.0 Å². The first-order valence-corrected chi connectivity index (χ1v) is 9.13. The molecule has 0 saturated carbocycles. The third-order valence-corrected chi connectivity index (χ3v) is 4.86. The van der Waals surface area contributed by atoms with Crippen LogP contribution < -0.4 is 0 Å². The standard InChI is InChI=1S/C19H26N4O3/c1-19(2,3)26-18(24)23-14-9-10-15(23)12-16(11-14)25-17(21-22-20)13-7-5-4-6-8-13/h4-8,14-17H,9-12H2,1-3H3/t14-,15+,16?,17?. The lowest BCUT2D eigenvalue weighted by Gasteiger charge is -2.40. The monoisotopic (exact) mass is 358 g/mol. The molecule has 0 N–H and O–H groups in total. The number of rotatable bonds is 4. The summed E-state index contributed by atoms with van der Waals surface area (Å²) in [7, 11) is 0. The van der Waals surface area contributed by atoms with Gasteiger partial charge in [0.05, 0.1) is 6.10 Å². The number of fused-ring (bicyclic) bond motifs is 2. The summed E-state index contributed by atoms with van der Waals surface area (Å²) < 4.78 is 11.7. The van der Waals surface area contributed by atoms with Crippen LogP contribution in [0.1, 0.15) is 58.2 Å². The lowest BCUT2D eigenvalue weighted by Crippen LogP contribution is -2.50. The molecule has 4 atom stereocenters. The summed E-state index contributed by atoms with van der Waals surface area (Å²) in [6.45, 7) is 5.65. The zero-order valence-corrected chi connectivity index (χ0v) is 15.5. The van der Waals surface area contributed by atoms with Gasteiger partial charge in [0.15, 0.2) is 6.23 Å². The van der Waals surface area contributed by atoms with Crippen LogP contribution >= 0.6 is 0 Å². The second kappa shape index (κ2) is 7.56. The van der Waals surface area contributed by atoms with Crippen molar-refractivity contribution < 1.29 is 14.3 Å². The summed E-state index contributed by atoms with van der Waals surface area (Å²) >= 11 is 0. The number of carbonyl (C=O) groups is 1. The van der Waals surface area contributed by atoms with Crippen LogP contribution in [0.5, 0.6) is 0 Å². The van der Waals surface area contributed by atoms with Gasteiger partial charge in [0.2, 0.25) is 0 Å². The number of carbonyl (C=O) groups excluding carboxylic acids is 1. The Kier molecular flexibility index (Phi) is 5.39. The molecule has 140 valence electrons. The minimum atomic E-state index is -0.640. The van der Waals surface area contributed by atoms with E-state index in [1.165, 1.54) is 0 Å². The number of nitrogens with zero attached hydrogens (tertiary/aromatic N) is 4. The minimum absolute atomic E-state index is 0.0399. The third-order valence-electron chi connectivity index (χ3n) is 4.86. The molecule has 3 rings (SSSR count). The topological polar surface area (TPSA) is 87.5 Å². The Hall–Kier alpha value is -2.24. The van der Waals surface area contributed by atoms with Gasteiger partial charge in [0.1, 0.15) is 5.60 Å². The normalized spacial score (nSPS) is 26.1. The first-order valence-electron chi connectivity index (χ1n) is 9.13. The minimum Gasteiger partial charge on any atom is -0.444 e. The molecule has 7 nitrogen and oxygen atoms in total. The molecule has 2 saturated heterocycles. The van der Waals surface area contributed by atoms with Crippen LogP contribution in [0.4, 0.5) is 4.79 Å². The number of amides is 1. The Balaban J connectivity index is 1.66. The predicted molar refractivity (Wildman–Crippen MR) is 97.3 cm³/mol. The van der Waals surface area contributed by atoms with Crippen LogP contribution in [-0.4, -0.2) is 34.8 Å². The Morgan fingerprint density at radius 3 is 2.38 bits per heavy atom. The zero-order valence-electron chi connectivity index (χ0n) is 15.5. The van der Waals surface area contributed by atoms with E-state index in [4.69, 9.17) is 15.0 Å². The smallest absolute Gasteiger partial charge is 0.410 e. The van der Waals surface area contributed by atoms with Crippen LogP contribution in [0.3, 0.4) is 0 Å². The Morgan fingerprint density at radius 1 is 1.23 bits per heavy atom.